The predicted octanol–water partition coefficient (Wildman–Crippen LogP) is 4.94. The van der Waals surface area contributed by atoms with Crippen LogP contribution < -0.4 is 0 Å². The molecular formula is C26H22N4O5. The van der Waals surface area contributed by atoms with Crippen LogP contribution in [0.2, 0.25) is 0 Å². The first-order chi connectivity index (χ1) is 16.8. The van der Waals surface area contributed by atoms with Crippen molar-refractivity contribution in [2.45, 2.75) is 27.7 Å². The Balaban J connectivity index is 1.42. The molecule has 5 aromatic rings. The summed E-state index contributed by atoms with van der Waals surface area (Å²) in [6, 6.07) is 14.6. The van der Waals surface area contributed by atoms with Crippen LogP contribution in [-0.4, -0.2) is 38.2 Å². The van der Waals surface area contributed by atoms with E-state index in [4.69, 9.17) is 13.8 Å². The van der Waals surface area contributed by atoms with E-state index in [-0.39, 0.29) is 17.1 Å². The first kappa shape index (κ1) is 22.3. The van der Waals surface area contributed by atoms with E-state index in [9.17, 15) is 9.59 Å². The van der Waals surface area contributed by atoms with Crippen molar-refractivity contribution in [2.24, 2.45) is 0 Å². The number of benzene rings is 1. The van der Waals surface area contributed by atoms with Gasteiger partial charge < -0.3 is 13.8 Å². The minimum absolute atomic E-state index is 0.230. The molecule has 4 heterocycles. The van der Waals surface area contributed by atoms with E-state index in [1.807, 2.05) is 48.7 Å². The smallest absolute Gasteiger partial charge is 0.339 e. The molecule has 0 aliphatic rings. The molecule has 0 bridgehead atoms. The van der Waals surface area contributed by atoms with Gasteiger partial charge in [-0.1, -0.05) is 40.6 Å². The highest BCUT2D eigenvalue weighted by Gasteiger charge is 2.23. The molecule has 1 aromatic carbocycles. The molecule has 9 nitrogen and oxygen atoms in total. The Hall–Kier alpha value is -4.53. The van der Waals surface area contributed by atoms with Gasteiger partial charge in [0.25, 0.3) is 5.71 Å². The molecule has 0 unspecified atom stereocenters. The summed E-state index contributed by atoms with van der Waals surface area (Å²) in [5.41, 5.74) is 4.28. The van der Waals surface area contributed by atoms with E-state index < -0.39 is 12.6 Å². The quantitative estimate of drug-likeness (QED) is 0.253. The van der Waals surface area contributed by atoms with Crippen LogP contribution >= 0.6 is 0 Å². The lowest BCUT2D eigenvalue weighted by Crippen LogP contribution is -2.15. The second-order valence-electron chi connectivity index (χ2n) is 8.28. The number of Topliss-reactive ketones (excluding diaryl/α,β-unsaturated/α-hetero) is 1. The maximum Gasteiger partial charge on any atom is 0.339 e. The van der Waals surface area contributed by atoms with Gasteiger partial charge in [-0.2, -0.15) is 0 Å². The number of carbonyl (C=O) groups is 2. The van der Waals surface area contributed by atoms with Gasteiger partial charge in [0.15, 0.2) is 12.4 Å². The van der Waals surface area contributed by atoms with Gasteiger partial charge in [-0.3, -0.25) is 9.36 Å². The Morgan fingerprint density at radius 1 is 0.943 bits per heavy atom. The highest BCUT2D eigenvalue weighted by atomic mass is 16.5. The molecule has 0 spiro atoms. The van der Waals surface area contributed by atoms with Gasteiger partial charge in [0.05, 0.1) is 22.3 Å². The molecule has 9 heteroatoms. The number of rotatable bonds is 6. The molecule has 0 atom stereocenters. The SMILES string of the molecule is Cc1cc(-n2c(C)cc(C(=O)COC(=O)c3cc(-c4ccccc4)nc4onc(C)c34)c2C)no1. The molecule has 0 amide bonds. The number of aryl methyl sites for hydroxylation is 3. The zero-order chi connectivity index (χ0) is 24.7. The lowest BCUT2D eigenvalue weighted by molar-refractivity contribution is 0.0476. The largest absolute Gasteiger partial charge is 0.454 e. The highest BCUT2D eigenvalue weighted by Crippen LogP contribution is 2.28. The Kier molecular flexibility index (Phi) is 5.52. The van der Waals surface area contributed by atoms with Crippen LogP contribution in [-0.2, 0) is 4.74 Å². The summed E-state index contributed by atoms with van der Waals surface area (Å²) >= 11 is 0. The summed E-state index contributed by atoms with van der Waals surface area (Å²) in [5.74, 6) is 0.268. The monoisotopic (exact) mass is 470 g/mol. The zero-order valence-electron chi connectivity index (χ0n) is 19.7. The summed E-state index contributed by atoms with van der Waals surface area (Å²) in [5, 5.41) is 8.43. The average Bonchev–Trinajstić information content (AvgIpc) is 3.54. The molecule has 35 heavy (non-hydrogen) atoms. The summed E-state index contributed by atoms with van der Waals surface area (Å²) in [7, 11) is 0. The van der Waals surface area contributed by atoms with E-state index in [2.05, 4.69) is 15.3 Å². The maximum atomic E-state index is 13.1. The van der Waals surface area contributed by atoms with E-state index >= 15 is 0 Å². The first-order valence-corrected chi connectivity index (χ1v) is 11.0. The molecule has 176 valence electrons. The van der Waals surface area contributed by atoms with Crippen molar-refractivity contribution in [1.82, 2.24) is 19.9 Å². The second-order valence-corrected chi connectivity index (χ2v) is 8.28. The minimum Gasteiger partial charge on any atom is -0.454 e. The summed E-state index contributed by atoms with van der Waals surface area (Å²) in [6.07, 6.45) is 0. The molecule has 5 rings (SSSR count). The minimum atomic E-state index is -0.657. The number of nitrogens with zero attached hydrogens (tertiary/aromatic N) is 4. The average molecular weight is 470 g/mol. The maximum absolute atomic E-state index is 13.1. The van der Waals surface area contributed by atoms with E-state index in [1.165, 1.54) is 0 Å². The fourth-order valence-corrected chi connectivity index (χ4v) is 4.16. The Morgan fingerprint density at radius 2 is 1.71 bits per heavy atom. The third-order valence-corrected chi connectivity index (χ3v) is 5.82. The second kappa shape index (κ2) is 8.68. The number of esters is 1. The molecular weight excluding hydrogens is 448 g/mol. The number of carbonyl (C=O) groups excluding carboxylic acids is 2. The van der Waals surface area contributed by atoms with Gasteiger partial charge in [0, 0.05) is 28.6 Å². The van der Waals surface area contributed by atoms with E-state index in [0.29, 0.717) is 39.6 Å². The number of ether oxygens (including phenoxy) is 1. The van der Waals surface area contributed by atoms with Gasteiger partial charge in [-0.15, -0.1) is 0 Å². The molecule has 0 aliphatic heterocycles. The summed E-state index contributed by atoms with van der Waals surface area (Å²) in [4.78, 5) is 30.6. The van der Waals surface area contributed by atoms with Gasteiger partial charge in [0.1, 0.15) is 5.76 Å². The highest BCUT2D eigenvalue weighted by molar-refractivity contribution is 6.06. The summed E-state index contributed by atoms with van der Waals surface area (Å²) in [6.45, 7) is 6.78. The van der Waals surface area contributed by atoms with Crippen LogP contribution in [0.4, 0.5) is 0 Å². The molecule has 0 saturated heterocycles. The van der Waals surface area contributed by atoms with Crippen LogP contribution in [0.15, 0.2) is 57.6 Å². The molecule has 0 N–H and O–H groups in total. The van der Waals surface area contributed by atoms with Crippen molar-refractivity contribution >= 4 is 22.9 Å². The standard InChI is InChI=1S/C26H22N4O5/c1-14-10-19(17(4)30(14)23-11-15(2)34-29-23)22(31)13-33-26(32)20-12-21(18-8-6-5-7-9-18)27-25-24(20)16(3)28-35-25/h5-12H,13H2,1-4H3. The number of fused-ring (bicyclic) bond motifs is 1. The number of pyridine rings is 1. The van der Waals surface area contributed by atoms with Crippen LogP contribution in [0.5, 0.6) is 0 Å². The number of hydrogen-bond donors (Lipinski definition) is 0. The van der Waals surface area contributed by atoms with Crippen molar-refractivity contribution < 1.29 is 23.4 Å². The molecule has 0 saturated carbocycles. The van der Waals surface area contributed by atoms with E-state index in [0.717, 1.165) is 11.3 Å². The Labute approximate surface area is 200 Å². The normalized spacial score (nSPS) is 11.2. The molecule has 4 aromatic heterocycles. The van der Waals surface area contributed by atoms with Crippen LogP contribution in [0.25, 0.3) is 28.2 Å². The van der Waals surface area contributed by atoms with Crippen molar-refractivity contribution in [1.29, 1.82) is 0 Å². The Bertz CT molecular complexity index is 1580. The third-order valence-electron chi connectivity index (χ3n) is 5.82. The van der Waals surface area contributed by atoms with Crippen LogP contribution in [0.1, 0.15) is 43.6 Å². The topological polar surface area (TPSA) is 113 Å². The van der Waals surface area contributed by atoms with Crippen molar-refractivity contribution in [3.63, 3.8) is 0 Å². The van der Waals surface area contributed by atoms with Crippen molar-refractivity contribution in [3.8, 4) is 17.1 Å². The predicted molar refractivity (Wildman–Crippen MR) is 127 cm³/mol. The first-order valence-electron chi connectivity index (χ1n) is 11.0. The number of aromatic nitrogens is 4. The van der Waals surface area contributed by atoms with Gasteiger partial charge in [-0.25, -0.2) is 9.78 Å². The zero-order valence-corrected chi connectivity index (χ0v) is 19.7. The fraction of sp³-hybridized carbons (Fsp3) is 0.192. The fourth-order valence-electron chi connectivity index (χ4n) is 4.16. The molecule has 0 fully saturated rings. The Morgan fingerprint density at radius 3 is 2.43 bits per heavy atom. The lowest BCUT2D eigenvalue weighted by Gasteiger charge is -2.08. The molecule has 0 aliphatic carbocycles. The molecule has 0 radical (unpaired) electrons. The van der Waals surface area contributed by atoms with Crippen LogP contribution in [0, 0.1) is 27.7 Å². The van der Waals surface area contributed by atoms with Gasteiger partial charge in [-0.05, 0) is 39.8 Å². The van der Waals surface area contributed by atoms with Gasteiger partial charge in [0.2, 0.25) is 5.78 Å². The number of hydrogen-bond acceptors (Lipinski definition) is 8. The number of ketones is 1. The third kappa shape index (κ3) is 4.01. The summed E-state index contributed by atoms with van der Waals surface area (Å²) < 4.78 is 17.8. The van der Waals surface area contributed by atoms with Crippen molar-refractivity contribution in [3.05, 3.63) is 82.5 Å². The van der Waals surface area contributed by atoms with Gasteiger partial charge >= 0.3 is 5.97 Å². The van der Waals surface area contributed by atoms with Crippen LogP contribution in [0.3, 0.4) is 0 Å². The lowest BCUT2D eigenvalue weighted by atomic mass is 10.1. The van der Waals surface area contributed by atoms with Crippen molar-refractivity contribution in [2.75, 3.05) is 6.61 Å². The van der Waals surface area contributed by atoms with E-state index in [1.54, 1.807) is 32.0 Å².